The van der Waals surface area contributed by atoms with Crippen molar-refractivity contribution in [1.82, 2.24) is 19.2 Å². The summed E-state index contributed by atoms with van der Waals surface area (Å²) in [5.41, 5.74) is 3.26. The van der Waals surface area contributed by atoms with Gasteiger partial charge in [0.05, 0.1) is 24.6 Å². The van der Waals surface area contributed by atoms with Gasteiger partial charge in [-0.15, -0.1) is 11.3 Å². The average molecular weight is 475 g/mol. The minimum Gasteiger partial charge on any atom is -0.378 e. The summed E-state index contributed by atoms with van der Waals surface area (Å²) in [5, 5.41) is 0.613. The third-order valence-electron chi connectivity index (χ3n) is 5.35. The van der Waals surface area contributed by atoms with Crippen LogP contribution in [0.15, 0.2) is 41.4 Å². The highest BCUT2D eigenvalue weighted by atomic mass is 32.2. The topological polar surface area (TPSA) is 93.5 Å². The first-order valence-electron chi connectivity index (χ1n) is 10.3. The van der Waals surface area contributed by atoms with Crippen molar-refractivity contribution in [3.05, 3.63) is 58.2 Å². The predicted molar refractivity (Wildman–Crippen MR) is 123 cm³/mol. The monoisotopic (exact) mass is 474 g/mol. The molecule has 0 saturated carbocycles. The van der Waals surface area contributed by atoms with Crippen LogP contribution in [-0.2, 0) is 28.4 Å². The second-order valence-electron chi connectivity index (χ2n) is 7.82. The first-order valence-corrected chi connectivity index (χ1v) is 12.6. The molecule has 8 nitrogen and oxygen atoms in total. The Morgan fingerprint density at radius 3 is 2.69 bits per heavy atom. The van der Waals surface area contributed by atoms with E-state index in [1.54, 1.807) is 35.7 Å². The minimum absolute atomic E-state index is 0.0589. The van der Waals surface area contributed by atoms with Gasteiger partial charge >= 0.3 is 0 Å². The van der Waals surface area contributed by atoms with Crippen LogP contribution in [0.1, 0.15) is 26.5 Å². The molecule has 0 unspecified atom stereocenters. The van der Waals surface area contributed by atoms with E-state index in [1.165, 1.54) is 11.3 Å². The summed E-state index contributed by atoms with van der Waals surface area (Å²) >= 11 is 1.29. The van der Waals surface area contributed by atoms with Crippen LogP contribution in [0.5, 0.6) is 0 Å². The molecule has 170 valence electrons. The highest BCUT2D eigenvalue weighted by molar-refractivity contribution is 7.89. The van der Waals surface area contributed by atoms with Gasteiger partial charge in [-0.05, 0) is 25.5 Å². The lowest BCUT2D eigenvalue weighted by Gasteiger charge is -2.26. The molecular formula is C22H26N4O4S2. The lowest BCUT2D eigenvalue weighted by Crippen LogP contribution is -2.40. The molecule has 1 amide bonds. The number of hydrogen-bond donors (Lipinski definition) is 1. The van der Waals surface area contributed by atoms with E-state index in [1.807, 2.05) is 31.2 Å². The average Bonchev–Trinajstić information content (AvgIpc) is 3.35. The third kappa shape index (κ3) is 4.78. The van der Waals surface area contributed by atoms with Gasteiger partial charge in [0.1, 0.15) is 14.8 Å². The Morgan fingerprint density at radius 2 is 1.97 bits per heavy atom. The summed E-state index contributed by atoms with van der Waals surface area (Å²) in [6.45, 7) is 6.17. The zero-order valence-corrected chi connectivity index (χ0v) is 19.9. The molecule has 1 fully saturated rings. The van der Waals surface area contributed by atoms with Crippen molar-refractivity contribution in [2.24, 2.45) is 7.05 Å². The summed E-state index contributed by atoms with van der Waals surface area (Å²) in [6, 6.07) is 9.30. The number of sulfonamides is 1. The predicted octanol–water partition coefficient (Wildman–Crippen LogP) is 2.72. The Bertz CT molecular complexity index is 1240. The van der Waals surface area contributed by atoms with Crippen molar-refractivity contribution < 1.29 is 17.9 Å². The van der Waals surface area contributed by atoms with Crippen molar-refractivity contribution in [3.63, 3.8) is 0 Å². The molecule has 4 rings (SSSR count). The molecule has 0 atom stereocenters. The van der Waals surface area contributed by atoms with Gasteiger partial charge in [0.15, 0.2) is 0 Å². The van der Waals surface area contributed by atoms with Gasteiger partial charge in [-0.2, -0.15) is 0 Å². The summed E-state index contributed by atoms with van der Waals surface area (Å²) < 4.78 is 35.4. The van der Waals surface area contributed by atoms with Gasteiger partial charge in [-0.25, -0.2) is 18.1 Å². The number of aromatic nitrogens is 2. The van der Waals surface area contributed by atoms with Crippen LogP contribution in [-0.4, -0.2) is 55.1 Å². The quantitative estimate of drug-likeness (QED) is 0.593. The van der Waals surface area contributed by atoms with Gasteiger partial charge in [0.25, 0.3) is 5.91 Å². The van der Waals surface area contributed by atoms with E-state index in [0.29, 0.717) is 47.6 Å². The number of aryl methyl sites for hydroxylation is 3. The largest absolute Gasteiger partial charge is 0.378 e. The maximum absolute atomic E-state index is 12.9. The minimum atomic E-state index is -3.70. The Morgan fingerprint density at radius 1 is 1.22 bits per heavy atom. The second kappa shape index (κ2) is 9.14. The van der Waals surface area contributed by atoms with Crippen molar-refractivity contribution in [2.45, 2.75) is 25.3 Å². The summed E-state index contributed by atoms with van der Waals surface area (Å²) in [5.74, 6) is -0.0589. The van der Waals surface area contributed by atoms with Gasteiger partial charge in [0, 0.05) is 32.9 Å². The van der Waals surface area contributed by atoms with Crippen LogP contribution < -0.4 is 4.72 Å². The van der Waals surface area contributed by atoms with E-state index in [9.17, 15) is 13.2 Å². The van der Waals surface area contributed by atoms with Crippen LogP contribution in [0.2, 0.25) is 0 Å². The molecular weight excluding hydrogens is 448 g/mol. The number of ether oxygens (including phenoxy) is 1. The van der Waals surface area contributed by atoms with Gasteiger partial charge in [0.2, 0.25) is 10.0 Å². The number of nitrogens with zero attached hydrogens (tertiary/aromatic N) is 3. The van der Waals surface area contributed by atoms with Gasteiger partial charge in [-0.3, -0.25) is 4.79 Å². The first kappa shape index (κ1) is 22.7. The molecule has 10 heteroatoms. The molecule has 1 aliphatic heterocycles. The van der Waals surface area contributed by atoms with Crippen LogP contribution in [0.25, 0.3) is 10.7 Å². The normalized spacial score (nSPS) is 14.7. The molecule has 1 aromatic carbocycles. The maximum Gasteiger partial charge on any atom is 0.266 e. The number of nitrogens with one attached hydrogen (secondary N) is 1. The molecule has 0 spiro atoms. The summed E-state index contributed by atoms with van der Waals surface area (Å²) in [7, 11) is -1.93. The van der Waals surface area contributed by atoms with E-state index in [2.05, 4.69) is 9.71 Å². The number of carbonyl (C=O) groups excluding carboxylic acids is 1. The molecule has 1 saturated heterocycles. The fourth-order valence-electron chi connectivity index (χ4n) is 3.59. The number of hydrogen-bond acceptors (Lipinski definition) is 6. The number of benzene rings is 1. The zero-order valence-electron chi connectivity index (χ0n) is 18.3. The van der Waals surface area contributed by atoms with E-state index in [0.717, 1.165) is 11.1 Å². The highest BCUT2D eigenvalue weighted by Crippen LogP contribution is 2.31. The van der Waals surface area contributed by atoms with Crippen LogP contribution in [0.3, 0.4) is 0 Å². The Balaban J connectivity index is 1.55. The van der Waals surface area contributed by atoms with E-state index in [-0.39, 0.29) is 17.3 Å². The molecule has 3 heterocycles. The summed E-state index contributed by atoms with van der Waals surface area (Å²) in [4.78, 5) is 20.0. The molecule has 32 heavy (non-hydrogen) atoms. The smallest absolute Gasteiger partial charge is 0.266 e. The van der Waals surface area contributed by atoms with Crippen LogP contribution >= 0.6 is 11.3 Å². The Labute approximate surface area is 191 Å². The van der Waals surface area contributed by atoms with Gasteiger partial charge in [-0.1, -0.05) is 29.8 Å². The Hall–Kier alpha value is -2.53. The molecule has 1 N–H and O–H groups in total. The van der Waals surface area contributed by atoms with Crippen molar-refractivity contribution >= 4 is 27.3 Å². The van der Waals surface area contributed by atoms with E-state index < -0.39 is 10.0 Å². The lowest BCUT2D eigenvalue weighted by molar-refractivity contribution is 0.0305. The van der Waals surface area contributed by atoms with Crippen molar-refractivity contribution in [3.8, 4) is 10.7 Å². The van der Waals surface area contributed by atoms with Crippen molar-refractivity contribution in [1.29, 1.82) is 0 Å². The molecule has 1 aliphatic rings. The number of thiazole rings is 1. The molecule has 0 bridgehead atoms. The molecule has 0 aliphatic carbocycles. The highest BCUT2D eigenvalue weighted by Gasteiger charge is 2.25. The fourth-order valence-corrected chi connectivity index (χ4v) is 5.77. The zero-order chi connectivity index (χ0) is 22.9. The molecule has 0 radical (unpaired) electrons. The fraction of sp³-hybridized carbons (Fsp3) is 0.364. The first-order chi connectivity index (χ1) is 15.2. The van der Waals surface area contributed by atoms with E-state index in [4.69, 9.17) is 4.74 Å². The lowest BCUT2D eigenvalue weighted by atomic mass is 10.1. The molecule has 3 aromatic rings. The number of carbonyl (C=O) groups is 1. The SMILES string of the molecule is Cc1cccc(CNS(=O)(=O)c2cc(-c3nc(C)c(C(=O)N4CCOCC4)s3)n(C)c2)c1. The van der Waals surface area contributed by atoms with Crippen LogP contribution in [0, 0.1) is 13.8 Å². The third-order valence-corrected chi connectivity index (χ3v) is 7.88. The maximum atomic E-state index is 12.9. The van der Waals surface area contributed by atoms with Gasteiger partial charge < -0.3 is 14.2 Å². The number of morpholine rings is 1. The van der Waals surface area contributed by atoms with E-state index >= 15 is 0 Å². The second-order valence-corrected chi connectivity index (χ2v) is 10.6. The number of amides is 1. The van der Waals surface area contributed by atoms with Crippen LogP contribution in [0.4, 0.5) is 0 Å². The van der Waals surface area contributed by atoms with Crippen molar-refractivity contribution in [2.75, 3.05) is 26.3 Å². The summed E-state index contributed by atoms with van der Waals surface area (Å²) in [6.07, 6.45) is 1.56. The Kier molecular flexibility index (Phi) is 6.47. The standard InChI is InChI=1S/C22H26N4O4S2/c1-15-5-4-6-17(11-15)13-23-32(28,29)18-12-19(25(3)14-18)21-24-16(2)20(31-21)22(27)26-7-9-30-10-8-26/h4-6,11-12,14,23H,7-10,13H2,1-3H3. The number of rotatable bonds is 6. The molecule has 2 aromatic heterocycles.